The van der Waals surface area contributed by atoms with Crippen LogP contribution >= 0.6 is 11.8 Å². The Morgan fingerprint density at radius 3 is 2.70 bits per heavy atom. The van der Waals surface area contributed by atoms with E-state index in [0.29, 0.717) is 17.2 Å². The van der Waals surface area contributed by atoms with Crippen LogP contribution in [0.1, 0.15) is 44.1 Å². The lowest BCUT2D eigenvalue weighted by Gasteiger charge is -2.44. The molecule has 10 heteroatoms. The van der Waals surface area contributed by atoms with Crippen molar-refractivity contribution in [3.8, 4) is 0 Å². The molecule has 1 aliphatic carbocycles. The van der Waals surface area contributed by atoms with Crippen molar-refractivity contribution in [2.45, 2.75) is 79.6 Å². The summed E-state index contributed by atoms with van der Waals surface area (Å²) in [7, 11) is 0. The van der Waals surface area contributed by atoms with Gasteiger partial charge in [0.25, 0.3) is 0 Å². The van der Waals surface area contributed by atoms with Crippen molar-refractivity contribution in [2.75, 3.05) is 13.2 Å². The molecule has 1 saturated heterocycles. The Morgan fingerprint density at radius 1 is 1.18 bits per heavy atom. The number of rotatable bonds is 6. The number of benzene rings is 1. The fraction of sp³-hybridized carbons (Fsp3) is 0.652. The number of halogens is 1. The van der Waals surface area contributed by atoms with Crippen LogP contribution in [0.25, 0.3) is 0 Å². The van der Waals surface area contributed by atoms with Crippen molar-refractivity contribution in [3.63, 3.8) is 0 Å². The summed E-state index contributed by atoms with van der Waals surface area (Å²) in [6.07, 6.45) is 2.26. The topological polar surface area (TPSA) is 121 Å². The number of aliphatic hydroxyl groups is 3. The Bertz CT molecular complexity index is 852. The van der Waals surface area contributed by atoms with Crippen molar-refractivity contribution in [1.29, 1.82) is 0 Å². The lowest BCUT2D eigenvalue weighted by atomic mass is 9.97. The molecule has 0 aromatic heterocycles. The Balaban J connectivity index is 1.48. The van der Waals surface area contributed by atoms with Crippen molar-refractivity contribution < 1.29 is 34.0 Å². The zero-order valence-corrected chi connectivity index (χ0v) is 19.1. The molecule has 2 heterocycles. The second-order valence-corrected chi connectivity index (χ2v) is 10.1. The average molecular weight is 483 g/mol. The Hall–Kier alpha value is -1.72. The van der Waals surface area contributed by atoms with Crippen LogP contribution in [0.3, 0.4) is 0 Å². The Labute approximate surface area is 196 Å². The van der Waals surface area contributed by atoms with Crippen molar-refractivity contribution >= 4 is 23.6 Å². The smallest absolute Gasteiger partial charge is 0.245 e. The average Bonchev–Trinajstić information content (AvgIpc) is 2.84. The van der Waals surface area contributed by atoms with Gasteiger partial charge in [-0.2, -0.15) is 0 Å². The van der Waals surface area contributed by atoms with Gasteiger partial charge in [0, 0.05) is 17.2 Å². The minimum atomic E-state index is -1.33. The second kappa shape index (κ2) is 11.1. The molecule has 2 fully saturated rings. The largest absolute Gasteiger partial charge is 0.477 e. The predicted molar refractivity (Wildman–Crippen MR) is 121 cm³/mol. The molecule has 2 aliphatic heterocycles. The number of nitrogens with one attached hydrogen (secondary N) is 1. The number of carbonyl (C=O) groups is 1. The number of aliphatic imine (C=N–C) groups is 1. The minimum Gasteiger partial charge on any atom is -0.477 e. The molecule has 4 N–H and O–H groups in total. The van der Waals surface area contributed by atoms with Crippen LogP contribution in [0.2, 0.25) is 0 Å². The van der Waals surface area contributed by atoms with Crippen molar-refractivity contribution in [1.82, 2.24) is 5.32 Å². The molecule has 0 bridgehead atoms. The van der Waals surface area contributed by atoms with Gasteiger partial charge in [0.1, 0.15) is 35.6 Å². The van der Waals surface area contributed by atoms with Gasteiger partial charge in [-0.1, -0.05) is 25.3 Å². The molecule has 4 rings (SSSR count). The highest BCUT2D eigenvalue weighted by Crippen LogP contribution is 2.37. The number of hydrogen-bond acceptors (Lipinski definition) is 8. The maximum atomic E-state index is 13.6. The third-order valence-corrected chi connectivity index (χ3v) is 7.87. The van der Waals surface area contributed by atoms with Crippen LogP contribution in [-0.2, 0) is 14.3 Å². The van der Waals surface area contributed by atoms with E-state index in [2.05, 4.69) is 10.3 Å². The lowest BCUT2D eigenvalue weighted by Crippen LogP contribution is -2.64. The first-order valence-corrected chi connectivity index (χ1v) is 12.5. The highest BCUT2D eigenvalue weighted by molar-refractivity contribution is 8.00. The molecule has 1 aromatic carbocycles. The molecule has 1 amide bonds. The van der Waals surface area contributed by atoms with Gasteiger partial charge in [0.2, 0.25) is 11.8 Å². The van der Waals surface area contributed by atoms with Gasteiger partial charge >= 0.3 is 0 Å². The number of aliphatic hydroxyl groups excluding tert-OH is 3. The molecule has 0 spiro atoms. The first-order valence-electron chi connectivity index (χ1n) is 11.5. The standard InChI is InChI=1S/C23H31FN2O6S/c24-14-6-4-5-13(11-14)22-25-16(9-10-31-22)21(30)26-18-20(29)19(28)17(12-27)32-23(18)33-15-7-2-1-3-8-15/h4-6,11,15-20,23,27-29H,1-3,7-10,12H2,(H,26,30)/t16-,17-,18-,19-,20-,23-/m1/s1. The normalized spacial score (nSPS) is 33.2. The van der Waals surface area contributed by atoms with Gasteiger partial charge in [-0.05, 0) is 31.0 Å². The van der Waals surface area contributed by atoms with Crippen LogP contribution in [-0.4, -0.2) is 81.4 Å². The van der Waals surface area contributed by atoms with Gasteiger partial charge < -0.3 is 30.1 Å². The van der Waals surface area contributed by atoms with Crippen LogP contribution in [0.4, 0.5) is 4.39 Å². The molecule has 0 radical (unpaired) electrons. The van der Waals surface area contributed by atoms with E-state index < -0.39 is 54.2 Å². The summed E-state index contributed by atoms with van der Waals surface area (Å²) in [6.45, 7) is -0.186. The van der Waals surface area contributed by atoms with E-state index in [-0.39, 0.29) is 12.5 Å². The number of thioether (sulfide) groups is 1. The maximum absolute atomic E-state index is 13.6. The molecule has 0 unspecified atom stereocenters. The van der Waals surface area contributed by atoms with E-state index in [1.165, 1.54) is 18.6 Å². The lowest BCUT2D eigenvalue weighted by molar-refractivity contribution is -0.174. The molecular formula is C23H31FN2O6S. The summed E-state index contributed by atoms with van der Waals surface area (Å²) in [5.41, 5.74) is -0.167. The Morgan fingerprint density at radius 2 is 1.97 bits per heavy atom. The quantitative estimate of drug-likeness (QED) is 0.483. The van der Waals surface area contributed by atoms with Crippen molar-refractivity contribution in [2.24, 2.45) is 4.99 Å². The fourth-order valence-electron chi connectivity index (χ4n) is 4.48. The van der Waals surface area contributed by atoms with Gasteiger partial charge in [0.15, 0.2) is 0 Å². The van der Waals surface area contributed by atoms with E-state index in [1.54, 1.807) is 23.9 Å². The zero-order valence-electron chi connectivity index (χ0n) is 18.3. The van der Waals surface area contributed by atoms with Crippen LogP contribution in [0.5, 0.6) is 0 Å². The molecule has 6 atom stereocenters. The van der Waals surface area contributed by atoms with Crippen LogP contribution < -0.4 is 5.32 Å². The van der Waals surface area contributed by atoms with E-state index in [9.17, 15) is 24.5 Å². The maximum Gasteiger partial charge on any atom is 0.245 e. The summed E-state index contributed by atoms with van der Waals surface area (Å²) < 4.78 is 25.0. The molecular weight excluding hydrogens is 451 g/mol. The number of hydrogen-bond donors (Lipinski definition) is 4. The third-order valence-electron chi connectivity index (χ3n) is 6.35. The van der Waals surface area contributed by atoms with Gasteiger partial charge in [0.05, 0.1) is 19.3 Å². The van der Waals surface area contributed by atoms with E-state index in [0.717, 1.165) is 25.7 Å². The highest BCUT2D eigenvalue weighted by atomic mass is 32.2. The fourth-order valence-corrected chi connectivity index (χ4v) is 6.07. The molecule has 8 nitrogen and oxygen atoms in total. The summed E-state index contributed by atoms with van der Waals surface area (Å²) in [6, 6.07) is 4.16. The predicted octanol–water partition coefficient (Wildman–Crippen LogP) is 1.35. The minimum absolute atomic E-state index is 0.190. The number of amides is 1. The summed E-state index contributed by atoms with van der Waals surface area (Å²) in [4.78, 5) is 17.5. The Kier molecular flexibility index (Phi) is 8.24. The number of nitrogens with zero attached hydrogens (tertiary/aromatic N) is 1. The SMILES string of the molecule is O=C(N[C@@H]1[C@@H](O)[C@H](O)[C@@H](CO)O[C@@H]1SC1CCCCC1)[C@H]1CCOC(c2cccc(F)c2)=N1. The number of ether oxygens (including phenoxy) is 2. The van der Waals surface area contributed by atoms with E-state index >= 15 is 0 Å². The monoisotopic (exact) mass is 482 g/mol. The van der Waals surface area contributed by atoms with E-state index in [1.807, 2.05) is 0 Å². The highest BCUT2D eigenvalue weighted by Gasteiger charge is 2.46. The molecule has 33 heavy (non-hydrogen) atoms. The van der Waals surface area contributed by atoms with Gasteiger partial charge in [-0.25, -0.2) is 9.38 Å². The first-order chi connectivity index (χ1) is 16.0. The molecule has 1 aromatic rings. The van der Waals surface area contributed by atoms with Crippen LogP contribution in [0.15, 0.2) is 29.3 Å². The van der Waals surface area contributed by atoms with Gasteiger partial charge in [-0.15, -0.1) is 11.8 Å². The summed E-state index contributed by atoms with van der Waals surface area (Å²) in [5, 5.41) is 33.9. The summed E-state index contributed by atoms with van der Waals surface area (Å²) in [5.74, 6) is -0.665. The van der Waals surface area contributed by atoms with Crippen molar-refractivity contribution in [3.05, 3.63) is 35.6 Å². The summed E-state index contributed by atoms with van der Waals surface area (Å²) >= 11 is 1.54. The zero-order chi connectivity index (χ0) is 23.4. The van der Waals surface area contributed by atoms with E-state index in [4.69, 9.17) is 9.47 Å². The third kappa shape index (κ3) is 5.86. The van der Waals surface area contributed by atoms with Crippen LogP contribution in [0, 0.1) is 5.82 Å². The van der Waals surface area contributed by atoms with Gasteiger partial charge in [-0.3, -0.25) is 4.79 Å². The molecule has 182 valence electrons. The second-order valence-electron chi connectivity index (χ2n) is 8.73. The number of carbonyl (C=O) groups excluding carboxylic acids is 1. The molecule has 1 saturated carbocycles. The first kappa shape index (κ1) is 24.4. The molecule has 3 aliphatic rings.